The average molecular weight is 1130 g/mol. The predicted octanol–water partition coefficient (Wildman–Crippen LogP) is 1.83. The summed E-state index contributed by atoms with van der Waals surface area (Å²) in [7, 11) is 0. The fourth-order valence-electron chi connectivity index (χ4n) is 10.5. The molecule has 3 aliphatic rings. The second kappa shape index (κ2) is 38.5. The van der Waals surface area contributed by atoms with Crippen molar-refractivity contribution in [1.82, 2.24) is 10.6 Å². The highest BCUT2D eigenvalue weighted by Gasteiger charge is 2.60. The molecule has 3 rings (SSSR count). The summed E-state index contributed by atoms with van der Waals surface area (Å²) in [6, 6.07) is -2.52. The Morgan fingerprint density at radius 1 is 0.615 bits per heavy atom. The molecule has 18 atom stereocenters. The fourth-order valence-corrected chi connectivity index (χ4v) is 10.5. The molecular formula is C55H102N2O21. The van der Waals surface area contributed by atoms with Gasteiger partial charge in [-0.15, -0.1) is 0 Å². The summed E-state index contributed by atoms with van der Waals surface area (Å²) >= 11 is 0. The smallest absolute Gasteiger partial charge is 0.364 e. The molecule has 0 aromatic heterocycles. The van der Waals surface area contributed by atoms with Crippen molar-refractivity contribution < 1.29 is 104 Å². The molecule has 0 radical (unpaired) electrons. The maximum Gasteiger partial charge on any atom is 0.364 e. The summed E-state index contributed by atoms with van der Waals surface area (Å²) < 4.78 is 34.7. The Balaban J connectivity index is 1.67. The summed E-state index contributed by atoms with van der Waals surface area (Å²) in [5, 5.41) is 135. The first-order chi connectivity index (χ1) is 37.4. The minimum atomic E-state index is -3.07. The van der Waals surface area contributed by atoms with Gasteiger partial charge in [-0.3, -0.25) is 9.59 Å². The molecule has 18 unspecified atom stereocenters. The van der Waals surface area contributed by atoms with Gasteiger partial charge < -0.3 is 100 Å². The van der Waals surface area contributed by atoms with Gasteiger partial charge in [0, 0.05) is 19.8 Å². The standard InChI is InChI=1S/C55H102N2O21/c1-4-6-8-10-12-14-15-16-17-18-19-21-22-24-26-28-37(62)36(57-42(65)29-27-25-23-20-13-11-9-7-5-2)34-73-52-47(69)46(68)49(41(33-60)75-52)76-53-48(70)51(45(67)40(32-59)74-53)78-55(54(71)72)30-38(63)43(56-35(3)61)50(77-55)44(66)39(64)31-58/h36-41,43-53,58-60,62-64,66-70H,4-34H2,1-3H3,(H,56,61)(H,57,65)(H,71,72). The minimum Gasteiger partial charge on any atom is -0.477 e. The van der Waals surface area contributed by atoms with Gasteiger partial charge >= 0.3 is 5.97 Å². The molecule has 0 bridgehead atoms. The Bertz CT molecular complexity index is 1620. The van der Waals surface area contributed by atoms with Crippen LogP contribution >= 0.6 is 0 Å². The molecule has 3 saturated heterocycles. The molecular weight excluding hydrogens is 1020 g/mol. The number of ether oxygens (including phenoxy) is 6. The Morgan fingerprint density at radius 2 is 1.12 bits per heavy atom. The molecule has 78 heavy (non-hydrogen) atoms. The van der Waals surface area contributed by atoms with Crippen molar-refractivity contribution in [1.29, 1.82) is 0 Å². The van der Waals surface area contributed by atoms with Crippen LogP contribution in [0.4, 0.5) is 0 Å². The Hall–Kier alpha value is -2.27. The van der Waals surface area contributed by atoms with Gasteiger partial charge in [0.25, 0.3) is 5.79 Å². The highest BCUT2D eigenvalue weighted by atomic mass is 16.8. The predicted molar refractivity (Wildman–Crippen MR) is 283 cm³/mol. The maximum atomic E-state index is 13.3. The van der Waals surface area contributed by atoms with Gasteiger partial charge in [0.05, 0.1) is 50.7 Å². The first-order valence-electron chi connectivity index (χ1n) is 29.4. The zero-order chi connectivity index (χ0) is 57.6. The van der Waals surface area contributed by atoms with Gasteiger partial charge in [-0.05, 0) is 12.8 Å². The fraction of sp³-hybridized carbons (Fsp3) is 0.945. The van der Waals surface area contributed by atoms with Crippen molar-refractivity contribution in [3.63, 3.8) is 0 Å². The van der Waals surface area contributed by atoms with Crippen LogP contribution in [0.5, 0.6) is 0 Å². The van der Waals surface area contributed by atoms with Crippen LogP contribution < -0.4 is 10.6 Å². The molecule has 3 aliphatic heterocycles. The van der Waals surface area contributed by atoms with E-state index in [4.69, 9.17) is 28.4 Å². The van der Waals surface area contributed by atoms with Gasteiger partial charge in [0.2, 0.25) is 11.8 Å². The van der Waals surface area contributed by atoms with Crippen LogP contribution in [0.25, 0.3) is 0 Å². The van der Waals surface area contributed by atoms with E-state index in [2.05, 4.69) is 24.5 Å². The molecule has 0 aliphatic carbocycles. The zero-order valence-electron chi connectivity index (χ0n) is 46.8. The van der Waals surface area contributed by atoms with Crippen molar-refractivity contribution in [3.05, 3.63) is 0 Å². The number of hydrogen-bond acceptors (Lipinski definition) is 20. The van der Waals surface area contributed by atoms with Crippen LogP contribution in [-0.2, 0) is 42.8 Å². The van der Waals surface area contributed by atoms with Crippen LogP contribution in [0, 0.1) is 0 Å². The Morgan fingerprint density at radius 3 is 1.60 bits per heavy atom. The number of unbranched alkanes of at least 4 members (excludes halogenated alkanes) is 22. The van der Waals surface area contributed by atoms with Gasteiger partial charge in [-0.1, -0.05) is 162 Å². The molecule has 3 heterocycles. The van der Waals surface area contributed by atoms with Crippen LogP contribution in [-0.4, -0.2) is 215 Å². The van der Waals surface area contributed by atoms with Crippen molar-refractivity contribution in [3.8, 4) is 0 Å². The molecule has 0 saturated carbocycles. The number of hydrogen-bond donors (Lipinski definition) is 14. The molecule has 23 heteroatoms. The lowest BCUT2D eigenvalue weighted by molar-refractivity contribution is -0.386. The van der Waals surface area contributed by atoms with Crippen LogP contribution in [0.3, 0.4) is 0 Å². The van der Waals surface area contributed by atoms with Crippen LogP contribution in [0.15, 0.2) is 0 Å². The topological polar surface area (TPSA) is 373 Å². The van der Waals surface area contributed by atoms with Gasteiger partial charge in [0.15, 0.2) is 12.6 Å². The lowest BCUT2D eigenvalue weighted by Crippen LogP contribution is -2.70. The van der Waals surface area contributed by atoms with Gasteiger partial charge in [-0.2, -0.15) is 0 Å². The summed E-state index contributed by atoms with van der Waals surface area (Å²) in [6.45, 7) is 2.13. The number of aliphatic hydroxyl groups excluding tert-OH is 11. The van der Waals surface area contributed by atoms with Crippen molar-refractivity contribution in [2.75, 3.05) is 26.4 Å². The van der Waals surface area contributed by atoms with Crippen LogP contribution in [0.1, 0.15) is 194 Å². The van der Waals surface area contributed by atoms with E-state index < -0.39 is 148 Å². The van der Waals surface area contributed by atoms with E-state index in [-0.39, 0.29) is 18.9 Å². The third kappa shape index (κ3) is 23.2. The van der Waals surface area contributed by atoms with Gasteiger partial charge in [0.1, 0.15) is 67.1 Å². The van der Waals surface area contributed by atoms with E-state index in [1.165, 1.54) is 89.9 Å². The average Bonchev–Trinajstić information content (AvgIpc) is 3.45. The second-order valence-corrected chi connectivity index (χ2v) is 21.9. The van der Waals surface area contributed by atoms with Crippen molar-refractivity contribution in [2.45, 2.75) is 304 Å². The third-order valence-electron chi connectivity index (χ3n) is 15.3. The Kier molecular flexibility index (Phi) is 34.5. The summed E-state index contributed by atoms with van der Waals surface area (Å²) in [5.74, 6) is -6.10. The van der Waals surface area contributed by atoms with Crippen molar-refractivity contribution in [2.24, 2.45) is 0 Å². The zero-order valence-corrected chi connectivity index (χ0v) is 46.8. The minimum absolute atomic E-state index is 0.226. The van der Waals surface area contributed by atoms with E-state index in [1.807, 2.05) is 0 Å². The number of carboxylic acid groups (broad SMARTS) is 1. The number of nitrogens with one attached hydrogen (secondary N) is 2. The second-order valence-electron chi connectivity index (χ2n) is 21.9. The molecule has 0 aromatic carbocycles. The lowest BCUT2D eigenvalue weighted by atomic mass is 9.88. The first kappa shape index (κ1) is 70.0. The van der Waals surface area contributed by atoms with Crippen LogP contribution in [0.2, 0.25) is 0 Å². The molecule has 23 nitrogen and oxygen atoms in total. The van der Waals surface area contributed by atoms with E-state index in [9.17, 15) is 75.7 Å². The normalized spacial score (nSPS) is 31.1. The largest absolute Gasteiger partial charge is 0.477 e. The molecule has 458 valence electrons. The number of aliphatic carboxylic acids is 1. The van der Waals surface area contributed by atoms with Gasteiger partial charge in [-0.25, -0.2) is 4.79 Å². The number of carbonyl (C=O) groups excluding carboxylic acids is 2. The molecule has 2 amide bonds. The summed E-state index contributed by atoms with van der Waals surface area (Å²) in [6.07, 6.45) is -1.30. The molecule has 3 fully saturated rings. The number of amides is 2. The van der Waals surface area contributed by atoms with E-state index in [0.29, 0.717) is 19.3 Å². The number of rotatable bonds is 42. The quantitative estimate of drug-likeness (QED) is 0.0388. The number of aliphatic hydroxyl groups is 11. The first-order valence-corrected chi connectivity index (χ1v) is 29.4. The summed E-state index contributed by atoms with van der Waals surface area (Å²) in [4.78, 5) is 38.3. The number of carboxylic acids is 1. The molecule has 0 aromatic rings. The lowest BCUT2D eigenvalue weighted by Gasteiger charge is -2.50. The van der Waals surface area contributed by atoms with E-state index in [1.54, 1.807) is 0 Å². The Labute approximate surface area is 461 Å². The van der Waals surface area contributed by atoms with Crippen molar-refractivity contribution >= 4 is 17.8 Å². The SMILES string of the molecule is CCCCCCCCCCCCCCCCCC(O)C(COC1OC(CO)C(OC2OC(CO)C(O)C(OC3(C(=O)O)CC(O)C(NC(C)=O)C(C(O)C(O)CO)O3)C2O)C(O)C1O)NC(=O)CCCCCCCCCCC. The molecule has 0 spiro atoms. The van der Waals surface area contributed by atoms with E-state index >= 15 is 0 Å². The van der Waals surface area contributed by atoms with E-state index in [0.717, 1.165) is 58.3 Å². The maximum absolute atomic E-state index is 13.3. The molecule has 14 N–H and O–H groups in total. The number of carbonyl (C=O) groups is 3. The highest BCUT2D eigenvalue weighted by Crippen LogP contribution is 2.38. The summed E-state index contributed by atoms with van der Waals surface area (Å²) in [5.41, 5.74) is 0. The highest BCUT2D eigenvalue weighted by molar-refractivity contribution is 5.77. The third-order valence-corrected chi connectivity index (χ3v) is 15.3. The monoisotopic (exact) mass is 1130 g/mol.